The van der Waals surface area contributed by atoms with E-state index in [-0.39, 0.29) is 23.2 Å². The van der Waals surface area contributed by atoms with Crippen LogP contribution in [0.15, 0.2) is 29.6 Å². The number of carbonyl (C=O) groups excluding carboxylic acids is 1. The molecule has 0 bridgehead atoms. The van der Waals surface area contributed by atoms with Gasteiger partial charge in [0.15, 0.2) is 0 Å². The van der Waals surface area contributed by atoms with Crippen LogP contribution in [0, 0.1) is 0 Å². The number of rotatable bonds is 2. The molecule has 0 radical (unpaired) electrons. The quantitative estimate of drug-likeness (QED) is 0.767. The first-order valence-corrected chi connectivity index (χ1v) is 6.83. The molecule has 1 amide bonds. The lowest BCUT2D eigenvalue weighted by molar-refractivity contribution is 0.0664. The van der Waals surface area contributed by atoms with Gasteiger partial charge in [-0.1, -0.05) is 0 Å². The van der Waals surface area contributed by atoms with Crippen LogP contribution in [0.4, 0.5) is 0 Å². The number of hydrogen-bond acceptors (Lipinski definition) is 5. The van der Waals surface area contributed by atoms with Gasteiger partial charge < -0.3 is 4.90 Å². The average Bonchev–Trinajstić information content (AvgIpc) is 3.04. The first kappa shape index (κ1) is 13.5. The summed E-state index contributed by atoms with van der Waals surface area (Å²) in [6.07, 6.45) is 5.04. The number of aryl methyl sites for hydroxylation is 1. The minimum atomic E-state index is -0.231. The van der Waals surface area contributed by atoms with Gasteiger partial charge in [-0.25, -0.2) is 14.3 Å². The van der Waals surface area contributed by atoms with Crippen LogP contribution < -0.4 is 5.56 Å². The van der Waals surface area contributed by atoms with Crippen molar-refractivity contribution in [2.45, 2.75) is 18.9 Å². The highest BCUT2D eigenvalue weighted by Crippen LogP contribution is 2.21. The second kappa shape index (κ2) is 5.47. The van der Waals surface area contributed by atoms with Crippen LogP contribution in [0.2, 0.25) is 0 Å². The van der Waals surface area contributed by atoms with Crippen LogP contribution in [0.3, 0.4) is 0 Å². The molecule has 1 aliphatic heterocycles. The minimum absolute atomic E-state index is 0.137. The maximum Gasteiger partial charge on any atom is 0.274 e. The van der Waals surface area contributed by atoms with Crippen LogP contribution in [0.5, 0.6) is 0 Å². The molecule has 3 rings (SSSR count). The molecule has 1 atom stereocenters. The fourth-order valence-corrected chi connectivity index (χ4v) is 2.54. The maximum atomic E-state index is 12.5. The SMILES string of the molecule is Cn1nc(C(=O)N2CCCC(n3cncn3)C2)ccc1=O. The Morgan fingerprint density at radius 3 is 2.95 bits per heavy atom. The van der Waals surface area contributed by atoms with Crippen molar-refractivity contribution in [2.75, 3.05) is 13.1 Å². The first-order valence-electron chi connectivity index (χ1n) is 6.83. The smallest absolute Gasteiger partial charge is 0.274 e. The fraction of sp³-hybridized carbons (Fsp3) is 0.462. The molecule has 1 aliphatic rings. The monoisotopic (exact) mass is 288 g/mol. The highest BCUT2D eigenvalue weighted by Gasteiger charge is 2.26. The van der Waals surface area contributed by atoms with Gasteiger partial charge in [0, 0.05) is 26.2 Å². The van der Waals surface area contributed by atoms with Gasteiger partial charge in [0.1, 0.15) is 18.3 Å². The van der Waals surface area contributed by atoms with E-state index in [0.29, 0.717) is 13.1 Å². The molecule has 0 spiro atoms. The summed E-state index contributed by atoms with van der Waals surface area (Å²) in [7, 11) is 1.54. The van der Waals surface area contributed by atoms with Gasteiger partial charge in [-0.3, -0.25) is 9.59 Å². The zero-order valence-corrected chi connectivity index (χ0v) is 11.7. The lowest BCUT2D eigenvalue weighted by Crippen LogP contribution is -2.41. The molecule has 8 heteroatoms. The molecule has 8 nitrogen and oxygen atoms in total. The molecule has 1 saturated heterocycles. The van der Waals surface area contributed by atoms with E-state index in [1.807, 2.05) is 0 Å². The van der Waals surface area contributed by atoms with Crippen molar-refractivity contribution in [3.05, 3.63) is 40.8 Å². The summed E-state index contributed by atoms with van der Waals surface area (Å²) in [4.78, 5) is 29.5. The van der Waals surface area contributed by atoms with Gasteiger partial charge >= 0.3 is 0 Å². The van der Waals surface area contributed by atoms with Gasteiger partial charge in [0.05, 0.1) is 6.04 Å². The molecule has 1 fully saturated rings. The van der Waals surface area contributed by atoms with E-state index in [0.717, 1.165) is 12.8 Å². The van der Waals surface area contributed by atoms with Crippen LogP contribution in [-0.2, 0) is 7.05 Å². The molecule has 3 heterocycles. The van der Waals surface area contributed by atoms with Crippen molar-refractivity contribution >= 4 is 5.91 Å². The Kier molecular flexibility index (Phi) is 3.51. The maximum absolute atomic E-state index is 12.5. The molecule has 1 unspecified atom stereocenters. The van der Waals surface area contributed by atoms with E-state index in [9.17, 15) is 9.59 Å². The Morgan fingerprint density at radius 1 is 1.38 bits per heavy atom. The molecule has 110 valence electrons. The summed E-state index contributed by atoms with van der Waals surface area (Å²) < 4.78 is 2.96. The van der Waals surface area contributed by atoms with E-state index < -0.39 is 0 Å². The first-order chi connectivity index (χ1) is 10.1. The van der Waals surface area contributed by atoms with Gasteiger partial charge in [-0.15, -0.1) is 0 Å². The Bertz CT molecular complexity index is 693. The van der Waals surface area contributed by atoms with Crippen molar-refractivity contribution in [1.29, 1.82) is 0 Å². The molecular weight excluding hydrogens is 272 g/mol. The Hall–Kier alpha value is -2.51. The number of amides is 1. The number of nitrogens with zero attached hydrogens (tertiary/aromatic N) is 6. The summed E-state index contributed by atoms with van der Waals surface area (Å²) in [6, 6.07) is 2.97. The fourth-order valence-electron chi connectivity index (χ4n) is 2.54. The summed E-state index contributed by atoms with van der Waals surface area (Å²) in [6.45, 7) is 1.27. The third-order valence-corrected chi connectivity index (χ3v) is 3.67. The molecule has 0 N–H and O–H groups in total. The van der Waals surface area contributed by atoms with Gasteiger partial charge in [-0.2, -0.15) is 10.2 Å². The Morgan fingerprint density at radius 2 is 2.24 bits per heavy atom. The number of carbonyl (C=O) groups is 1. The van der Waals surface area contributed by atoms with Crippen LogP contribution >= 0.6 is 0 Å². The second-order valence-corrected chi connectivity index (χ2v) is 5.10. The van der Waals surface area contributed by atoms with Gasteiger partial charge in [0.25, 0.3) is 11.5 Å². The third-order valence-electron chi connectivity index (χ3n) is 3.67. The molecule has 2 aromatic rings. The molecule has 2 aromatic heterocycles. The van der Waals surface area contributed by atoms with Crippen molar-refractivity contribution in [3.63, 3.8) is 0 Å². The standard InChI is InChI=1S/C13H16N6O2/c1-17-12(20)5-4-11(16-17)13(21)18-6-2-3-10(7-18)19-9-14-8-15-19/h4-5,8-10H,2-3,6-7H2,1H3. The van der Waals surface area contributed by atoms with Crippen molar-refractivity contribution in [2.24, 2.45) is 7.05 Å². The molecule has 21 heavy (non-hydrogen) atoms. The second-order valence-electron chi connectivity index (χ2n) is 5.10. The number of hydrogen-bond donors (Lipinski definition) is 0. The van der Waals surface area contributed by atoms with E-state index in [2.05, 4.69) is 15.2 Å². The molecule has 0 aliphatic carbocycles. The highest BCUT2D eigenvalue weighted by atomic mass is 16.2. The number of aromatic nitrogens is 5. The molecule has 0 saturated carbocycles. The van der Waals surface area contributed by atoms with Crippen molar-refractivity contribution in [1.82, 2.24) is 29.4 Å². The molecular formula is C13H16N6O2. The van der Waals surface area contributed by atoms with E-state index >= 15 is 0 Å². The number of likely N-dealkylation sites (tertiary alicyclic amines) is 1. The Balaban J connectivity index is 1.78. The predicted octanol–water partition coefficient (Wildman–Crippen LogP) is -0.151. The number of piperidine rings is 1. The van der Waals surface area contributed by atoms with Gasteiger partial charge in [-0.05, 0) is 18.9 Å². The minimum Gasteiger partial charge on any atom is -0.335 e. The lowest BCUT2D eigenvalue weighted by atomic mass is 10.1. The average molecular weight is 288 g/mol. The summed E-state index contributed by atoms with van der Waals surface area (Å²) in [5.74, 6) is -0.157. The summed E-state index contributed by atoms with van der Waals surface area (Å²) >= 11 is 0. The lowest BCUT2D eigenvalue weighted by Gasteiger charge is -2.32. The van der Waals surface area contributed by atoms with Crippen LogP contribution in [0.25, 0.3) is 0 Å². The Labute approximate surface area is 121 Å². The van der Waals surface area contributed by atoms with Crippen LogP contribution in [-0.4, -0.2) is 48.4 Å². The zero-order valence-electron chi connectivity index (χ0n) is 11.7. The van der Waals surface area contributed by atoms with E-state index in [1.165, 1.54) is 30.2 Å². The van der Waals surface area contributed by atoms with E-state index in [1.54, 1.807) is 15.9 Å². The normalized spacial score (nSPS) is 18.7. The topological polar surface area (TPSA) is 85.9 Å². The molecule has 0 aromatic carbocycles. The third kappa shape index (κ3) is 2.69. The zero-order chi connectivity index (χ0) is 14.8. The van der Waals surface area contributed by atoms with E-state index in [4.69, 9.17) is 0 Å². The van der Waals surface area contributed by atoms with Crippen LogP contribution in [0.1, 0.15) is 29.4 Å². The van der Waals surface area contributed by atoms with Crippen molar-refractivity contribution in [3.8, 4) is 0 Å². The largest absolute Gasteiger partial charge is 0.335 e. The van der Waals surface area contributed by atoms with Gasteiger partial charge in [0.2, 0.25) is 0 Å². The predicted molar refractivity (Wildman–Crippen MR) is 73.7 cm³/mol. The summed E-state index contributed by atoms with van der Waals surface area (Å²) in [5, 5.41) is 8.15. The summed E-state index contributed by atoms with van der Waals surface area (Å²) in [5.41, 5.74) is 0.0574. The van der Waals surface area contributed by atoms with Crippen molar-refractivity contribution < 1.29 is 4.79 Å². The highest BCUT2D eigenvalue weighted by molar-refractivity contribution is 5.92.